The van der Waals surface area contributed by atoms with Gasteiger partial charge in [-0.3, -0.25) is 9.48 Å². The smallest absolute Gasteiger partial charge is 0.256 e. The van der Waals surface area contributed by atoms with Gasteiger partial charge in [0.1, 0.15) is 18.2 Å². The minimum absolute atomic E-state index is 0.277. The van der Waals surface area contributed by atoms with Crippen molar-refractivity contribution in [2.24, 2.45) is 0 Å². The van der Waals surface area contributed by atoms with Crippen molar-refractivity contribution in [3.8, 4) is 5.75 Å². The average molecular weight is 559 g/mol. The summed E-state index contributed by atoms with van der Waals surface area (Å²) < 4.78 is 22.1. The maximum absolute atomic E-state index is 13.1. The molecule has 3 aromatic carbocycles. The van der Waals surface area contributed by atoms with E-state index in [4.69, 9.17) is 4.74 Å². The van der Waals surface area contributed by atoms with E-state index in [2.05, 4.69) is 42.3 Å². The van der Waals surface area contributed by atoms with Gasteiger partial charge >= 0.3 is 0 Å². The molecule has 0 radical (unpaired) electrons. The summed E-state index contributed by atoms with van der Waals surface area (Å²) in [4.78, 5) is 12.8. The van der Waals surface area contributed by atoms with Crippen molar-refractivity contribution in [1.82, 2.24) is 9.78 Å². The summed E-state index contributed by atoms with van der Waals surface area (Å²) in [7, 11) is 0. The maximum Gasteiger partial charge on any atom is 0.256 e. The van der Waals surface area contributed by atoms with Crippen molar-refractivity contribution < 1.29 is 13.9 Å². The lowest BCUT2D eigenvalue weighted by molar-refractivity contribution is 0.102. The fraction of sp³-hybridized carbons (Fsp3) is 0.0833. The van der Waals surface area contributed by atoms with E-state index in [1.54, 1.807) is 35.1 Å². The number of rotatable bonds is 7. The van der Waals surface area contributed by atoms with E-state index in [1.165, 1.54) is 12.1 Å². The van der Waals surface area contributed by atoms with Gasteiger partial charge in [-0.25, -0.2) is 4.39 Å². The molecule has 162 valence electrons. The first-order valence-electron chi connectivity index (χ1n) is 9.73. The normalized spacial score (nSPS) is 10.7. The predicted molar refractivity (Wildman–Crippen MR) is 128 cm³/mol. The highest BCUT2D eigenvalue weighted by Gasteiger charge is 2.13. The molecule has 1 heterocycles. The van der Waals surface area contributed by atoms with Crippen LogP contribution >= 0.6 is 31.9 Å². The Morgan fingerprint density at radius 1 is 0.969 bits per heavy atom. The Balaban J connectivity index is 1.41. The molecule has 1 aromatic heterocycles. The van der Waals surface area contributed by atoms with E-state index in [9.17, 15) is 9.18 Å². The molecule has 0 saturated carbocycles. The largest absolute Gasteiger partial charge is 0.488 e. The molecule has 32 heavy (non-hydrogen) atoms. The highest BCUT2D eigenvalue weighted by Crippen LogP contribution is 2.25. The zero-order valence-corrected chi connectivity index (χ0v) is 19.9. The molecule has 1 amide bonds. The number of halogens is 3. The van der Waals surface area contributed by atoms with E-state index >= 15 is 0 Å². The number of amides is 1. The first-order valence-corrected chi connectivity index (χ1v) is 11.3. The lowest BCUT2D eigenvalue weighted by atomic mass is 10.1. The van der Waals surface area contributed by atoms with Crippen LogP contribution in [0.15, 0.2) is 87.9 Å². The van der Waals surface area contributed by atoms with Gasteiger partial charge in [-0.2, -0.15) is 5.10 Å². The molecule has 0 bridgehead atoms. The van der Waals surface area contributed by atoms with Crippen LogP contribution in [0, 0.1) is 5.82 Å². The van der Waals surface area contributed by atoms with Gasteiger partial charge in [0.25, 0.3) is 5.91 Å². The number of para-hydroxylation sites is 1. The molecule has 0 aliphatic heterocycles. The molecule has 1 N–H and O–H groups in total. The molecule has 0 spiro atoms. The van der Waals surface area contributed by atoms with E-state index in [1.807, 2.05) is 36.4 Å². The van der Waals surface area contributed by atoms with Crippen molar-refractivity contribution in [3.63, 3.8) is 0 Å². The summed E-state index contributed by atoms with van der Waals surface area (Å²) in [5.41, 5.74) is 2.27. The van der Waals surface area contributed by atoms with Crippen LogP contribution in [-0.2, 0) is 13.2 Å². The summed E-state index contributed by atoms with van der Waals surface area (Å²) in [5.74, 6) is 0.581. The van der Waals surface area contributed by atoms with E-state index in [-0.39, 0.29) is 11.7 Å². The van der Waals surface area contributed by atoms with Crippen LogP contribution in [0.5, 0.6) is 5.75 Å². The number of carbonyl (C=O) groups excluding carboxylic acids is 1. The number of aromatic nitrogens is 2. The number of hydrogen-bond donors (Lipinski definition) is 1. The molecule has 0 atom stereocenters. The van der Waals surface area contributed by atoms with Gasteiger partial charge < -0.3 is 10.1 Å². The van der Waals surface area contributed by atoms with E-state index in [0.29, 0.717) is 29.0 Å². The van der Waals surface area contributed by atoms with Crippen molar-refractivity contribution in [2.45, 2.75) is 13.2 Å². The third-order valence-electron chi connectivity index (χ3n) is 4.63. The molecule has 0 aliphatic carbocycles. The Morgan fingerprint density at radius 3 is 2.53 bits per heavy atom. The van der Waals surface area contributed by atoms with Crippen LogP contribution in [0.3, 0.4) is 0 Å². The zero-order chi connectivity index (χ0) is 22.5. The Bertz CT molecular complexity index is 1240. The van der Waals surface area contributed by atoms with Gasteiger partial charge in [-0.05, 0) is 79.4 Å². The minimum Gasteiger partial charge on any atom is -0.488 e. The topological polar surface area (TPSA) is 56.2 Å². The third-order valence-corrected chi connectivity index (χ3v) is 5.86. The van der Waals surface area contributed by atoms with Crippen molar-refractivity contribution in [1.29, 1.82) is 0 Å². The summed E-state index contributed by atoms with van der Waals surface area (Å²) in [5, 5.41) is 7.24. The summed E-state index contributed by atoms with van der Waals surface area (Å²) >= 11 is 6.89. The van der Waals surface area contributed by atoms with Crippen LogP contribution in [-0.4, -0.2) is 15.7 Å². The van der Waals surface area contributed by atoms with Crippen LogP contribution in [0.25, 0.3) is 0 Å². The van der Waals surface area contributed by atoms with Gasteiger partial charge in [0, 0.05) is 11.8 Å². The van der Waals surface area contributed by atoms with Crippen molar-refractivity contribution >= 4 is 43.6 Å². The van der Waals surface area contributed by atoms with Crippen molar-refractivity contribution in [2.75, 3.05) is 5.32 Å². The molecular formula is C24H18Br2FN3O2. The number of nitrogens with zero attached hydrogens (tertiary/aromatic N) is 2. The molecule has 0 aliphatic rings. The quantitative estimate of drug-likeness (QED) is 0.284. The molecule has 0 saturated heterocycles. The predicted octanol–water partition coefficient (Wildman–Crippen LogP) is 6.43. The van der Waals surface area contributed by atoms with Gasteiger partial charge in [-0.15, -0.1) is 0 Å². The highest BCUT2D eigenvalue weighted by atomic mass is 79.9. The second-order valence-electron chi connectivity index (χ2n) is 7.02. The zero-order valence-electron chi connectivity index (χ0n) is 16.8. The number of anilines is 1. The monoisotopic (exact) mass is 557 g/mol. The Hall–Kier alpha value is -2.97. The van der Waals surface area contributed by atoms with Crippen LogP contribution < -0.4 is 10.1 Å². The van der Waals surface area contributed by atoms with Crippen molar-refractivity contribution in [3.05, 3.63) is 110 Å². The standard InChI is InChI=1S/C24H18Br2FN3O2/c25-20-6-1-2-7-22(20)32-15-17-4-3-5-18(12-17)24(31)28-23-21(26)14-30(29-23)13-16-8-10-19(27)11-9-16/h1-12,14H,13,15H2,(H,28,29,31). The van der Waals surface area contributed by atoms with Gasteiger partial charge in [0.15, 0.2) is 5.82 Å². The second kappa shape index (κ2) is 10.1. The SMILES string of the molecule is O=C(Nc1nn(Cc2ccc(F)cc2)cc1Br)c1cccc(COc2ccccc2Br)c1. The number of hydrogen-bond acceptors (Lipinski definition) is 3. The van der Waals surface area contributed by atoms with Gasteiger partial charge in [0.05, 0.1) is 15.5 Å². The van der Waals surface area contributed by atoms with Gasteiger partial charge in [-0.1, -0.05) is 36.4 Å². The molecule has 5 nitrogen and oxygen atoms in total. The van der Waals surface area contributed by atoms with Crippen LogP contribution in [0.4, 0.5) is 10.2 Å². The molecule has 8 heteroatoms. The third kappa shape index (κ3) is 5.63. The number of benzene rings is 3. The fourth-order valence-electron chi connectivity index (χ4n) is 3.04. The summed E-state index contributed by atoms with van der Waals surface area (Å²) in [6.45, 7) is 0.788. The molecule has 0 unspecified atom stereocenters. The fourth-order valence-corrected chi connectivity index (χ4v) is 3.86. The first kappa shape index (κ1) is 22.2. The Kier molecular flexibility index (Phi) is 7.02. The number of carbonyl (C=O) groups is 1. The minimum atomic E-state index is -0.285. The molecular weight excluding hydrogens is 541 g/mol. The number of nitrogens with one attached hydrogen (secondary N) is 1. The first-order chi connectivity index (χ1) is 15.5. The summed E-state index contributed by atoms with van der Waals surface area (Å²) in [6.07, 6.45) is 1.76. The molecule has 0 fully saturated rings. The van der Waals surface area contributed by atoms with Crippen LogP contribution in [0.1, 0.15) is 21.5 Å². The number of ether oxygens (including phenoxy) is 1. The molecule has 4 rings (SSSR count). The Labute approximate surface area is 201 Å². The maximum atomic E-state index is 13.1. The van der Waals surface area contributed by atoms with E-state index < -0.39 is 0 Å². The lowest BCUT2D eigenvalue weighted by Crippen LogP contribution is -2.13. The second-order valence-corrected chi connectivity index (χ2v) is 8.73. The lowest BCUT2D eigenvalue weighted by Gasteiger charge is -2.09. The Morgan fingerprint density at radius 2 is 1.75 bits per heavy atom. The molecule has 4 aromatic rings. The summed E-state index contributed by atoms with van der Waals surface area (Å²) in [6, 6.07) is 21.1. The average Bonchev–Trinajstić information content (AvgIpc) is 3.13. The van der Waals surface area contributed by atoms with Crippen LogP contribution in [0.2, 0.25) is 0 Å². The van der Waals surface area contributed by atoms with Gasteiger partial charge in [0.2, 0.25) is 0 Å². The highest BCUT2D eigenvalue weighted by molar-refractivity contribution is 9.11. The van der Waals surface area contributed by atoms with E-state index in [0.717, 1.165) is 21.3 Å².